The third-order valence-corrected chi connectivity index (χ3v) is 5.59. The van der Waals surface area contributed by atoms with E-state index in [0.717, 1.165) is 35.7 Å². The monoisotopic (exact) mass is 421 g/mol. The molecule has 1 amide bonds. The number of nitrogens with zero attached hydrogens (tertiary/aromatic N) is 2. The minimum Gasteiger partial charge on any atom is -0.486 e. The maximum absolute atomic E-state index is 12.8. The van der Waals surface area contributed by atoms with E-state index in [0.29, 0.717) is 36.4 Å². The lowest BCUT2D eigenvalue weighted by atomic mass is 9.96. The fourth-order valence-corrected chi connectivity index (χ4v) is 4.06. The van der Waals surface area contributed by atoms with Crippen molar-refractivity contribution >= 4 is 21.8 Å². The third kappa shape index (κ3) is 3.30. The summed E-state index contributed by atoms with van der Waals surface area (Å²) < 4.78 is 17.1. The van der Waals surface area contributed by atoms with Crippen LogP contribution in [0.15, 0.2) is 21.1 Å². The molecule has 138 valence electrons. The van der Waals surface area contributed by atoms with Gasteiger partial charge in [0.1, 0.15) is 18.8 Å². The van der Waals surface area contributed by atoms with Gasteiger partial charge in [-0.1, -0.05) is 33.9 Å². The fourth-order valence-electron chi connectivity index (χ4n) is 3.60. The molecule has 26 heavy (non-hydrogen) atoms. The standard InChI is InChI=1S/C18H20BrN3O4/c1-11-20-17(22-26-11)18(4-2-3-5-18)21-16(23)9-12-8-14-15(10-13(12)19)25-7-6-24-14/h8,10H,2-7,9H2,1H3,(H,21,23). The number of aromatic nitrogens is 2. The van der Waals surface area contributed by atoms with E-state index < -0.39 is 5.54 Å². The molecule has 1 saturated carbocycles. The minimum absolute atomic E-state index is 0.0771. The molecular weight excluding hydrogens is 402 g/mol. The second kappa shape index (κ2) is 6.90. The SMILES string of the molecule is Cc1nc(C2(NC(=O)Cc3cc4c(cc3Br)OCCO4)CCCC2)no1. The normalized spacial score (nSPS) is 17.9. The van der Waals surface area contributed by atoms with Crippen molar-refractivity contribution in [3.05, 3.63) is 33.9 Å². The van der Waals surface area contributed by atoms with Crippen LogP contribution >= 0.6 is 15.9 Å². The van der Waals surface area contributed by atoms with Gasteiger partial charge in [0, 0.05) is 11.4 Å². The van der Waals surface area contributed by atoms with Gasteiger partial charge >= 0.3 is 0 Å². The predicted molar refractivity (Wildman–Crippen MR) is 96.2 cm³/mol. The Morgan fingerprint density at radius 3 is 2.58 bits per heavy atom. The summed E-state index contributed by atoms with van der Waals surface area (Å²) in [6.07, 6.45) is 3.93. The van der Waals surface area contributed by atoms with Crippen LogP contribution in [0.3, 0.4) is 0 Å². The highest BCUT2D eigenvalue weighted by Crippen LogP contribution is 2.38. The van der Waals surface area contributed by atoms with E-state index in [1.54, 1.807) is 6.92 Å². The lowest BCUT2D eigenvalue weighted by Gasteiger charge is -2.27. The Kier molecular flexibility index (Phi) is 4.60. The number of halogens is 1. The number of nitrogens with one attached hydrogen (secondary N) is 1. The third-order valence-electron chi connectivity index (χ3n) is 4.85. The van der Waals surface area contributed by atoms with Crippen molar-refractivity contribution in [2.75, 3.05) is 13.2 Å². The van der Waals surface area contributed by atoms with Gasteiger partial charge in [0.05, 0.1) is 6.42 Å². The first-order chi connectivity index (χ1) is 12.6. The first kappa shape index (κ1) is 17.3. The Hall–Kier alpha value is -2.09. The molecule has 0 bridgehead atoms. The number of carbonyl (C=O) groups excluding carboxylic acids is 1. The number of rotatable bonds is 4. The summed E-state index contributed by atoms with van der Waals surface area (Å²) in [5.41, 5.74) is 0.319. The zero-order chi connectivity index (χ0) is 18.1. The fraction of sp³-hybridized carbons (Fsp3) is 0.500. The van der Waals surface area contributed by atoms with E-state index in [4.69, 9.17) is 14.0 Å². The van der Waals surface area contributed by atoms with E-state index in [-0.39, 0.29) is 12.3 Å². The van der Waals surface area contributed by atoms with Gasteiger partial charge in [-0.25, -0.2) is 0 Å². The molecule has 0 saturated heterocycles. The van der Waals surface area contributed by atoms with Gasteiger partial charge in [0.15, 0.2) is 17.3 Å². The number of fused-ring (bicyclic) bond motifs is 1. The average molecular weight is 422 g/mol. The summed E-state index contributed by atoms with van der Waals surface area (Å²) in [5, 5.41) is 7.22. The van der Waals surface area contributed by atoms with Crippen molar-refractivity contribution < 1.29 is 18.8 Å². The molecule has 0 unspecified atom stereocenters. The minimum atomic E-state index is -0.533. The topological polar surface area (TPSA) is 86.5 Å². The molecule has 1 fully saturated rings. The van der Waals surface area contributed by atoms with Crippen molar-refractivity contribution in [2.24, 2.45) is 0 Å². The molecule has 1 aliphatic heterocycles. The summed E-state index contributed by atoms with van der Waals surface area (Å²) in [6, 6.07) is 3.71. The molecule has 4 rings (SSSR count). The summed E-state index contributed by atoms with van der Waals surface area (Å²) in [4.78, 5) is 17.1. The van der Waals surface area contributed by atoms with Crippen LogP contribution in [0, 0.1) is 6.92 Å². The summed E-state index contributed by atoms with van der Waals surface area (Å²) in [5.74, 6) is 2.37. The molecule has 2 heterocycles. The Labute approximate surface area is 159 Å². The predicted octanol–water partition coefficient (Wildman–Crippen LogP) is 3.04. The van der Waals surface area contributed by atoms with Crippen LogP contribution in [0.5, 0.6) is 11.5 Å². The Morgan fingerprint density at radius 2 is 1.92 bits per heavy atom. The lowest BCUT2D eigenvalue weighted by Crippen LogP contribution is -2.45. The maximum atomic E-state index is 12.8. The van der Waals surface area contributed by atoms with Gasteiger partial charge in [-0.15, -0.1) is 0 Å². The van der Waals surface area contributed by atoms with E-state index in [1.165, 1.54) is 0 Å². The van der Waals surface area contributed by atoms with Crippen LogP contribution in [-0.4, -0.2) is 29.3 Å². The Balaban J connectivity index is 1.53. The molecule has 1 aromatic carbocycles. The quantitative estimate of drug-likeness (QED) is 0.815. The van der Waals surface area contributed by atoms with Gasteiger partial charge in [0.2, 0.25) is 11.8 Å². The number of amides is 1. The molecule has 1 aromatic heterocycles. The van der Waals surface area contributed by atoms with E-state index in [2.05, 4.69) is 31.4 Å². The van der Waals surface area contributed by atoms with Crippen LogP contribution < -0.4 is 14.8 Å². The zero-order valence-corrected chi connectivity index (χ0v) is 16.1. The zero-order valence-electron chi connectivity index (χ0n) is 14.5. The van der Waals surface area contributed by atoms with Crippen molar-refractivity contribution in [3.63, 3.8) is 0 Å². The highest BCUT2D eigenvalue weighted by atomic mass is 79.9. The summed E-state index contributed by atoms with van der Waals surface area (Å²) >= 11 is 3.52. The summed E-state index contributed by atoms with van der Waals surface area (Å²) in [6.45, 7) is 2.81. The van der Waals surface area contributed by atoms with Gasteiger partial charge in [-0.05, 0) is 30.5 Å². The lowest BCUT2D eigenvalue weighted by molar-refractivity contribution is -0.122. The van der Waals surface area contributed by atoms with Gasteiger partial charge in [0.25, 0.3) is 0 Å². The molecule has 7 nitrogen and oxygen atoms in total. The molecule has 1 N–H and O–H groups in total. The smallest absolute Gasteiger partial charge is 0.225 e. The van der Waals surface area contributed by atoms with Crippen LogP contribution in [0.25, 0.3) is 0 Å². The highest BCUT2D eigenvalue weighted by molar-refractivity contribution is 9.10. The molecule has 0 spiro atoms. The number of hydrogen-bond donors (Lipinski definition) is 1. The van der Waals surface area contributed by atoms with E-state index in [1.807, 2.05) is 12.1 Å². The van der Waals surface area contributed by atoms with Crippen molar-refractivity contribution in [1.29, 1.82) is 0 Å². The molecule has 0 radical (unpaired) electrons. The van der Waals surface area contributed by atoms with E-state index >= 15 is 0 Å². The van der Waals surface area contributed by atoms with Crippen molar-refractivity contribution in [3.8, 4) is 11.5 Å². The van der Waals surface area contributed by atoms with Gasteiger partial charge in [-0.3, -0.25) is 4.79 Å². The number of aryl methyl sites for hydroxylation is 1. The maximum Gasteiger partial charge on any atom is 0.225 e. The summed E-state index contributed by atoms with van der Waals surface area (Å²) in [7, 11) is 0. The Bertz CT molecular complexity index is 830. The van der Waals surface area contributed by atoms with E-state index in [9.17, 15) is 4.79 Å². The molecular formula is C18H20BrN3O4. The second-order valence-electron chi connectivity index (χ2n) is 6.74. The highest BCUT2D eigenvalue weighted by Gasteiger charge is 2.41. The molecule has 0 atom stereocenters. The van der Waals surface area contributed by atoms with Crippen LogP contribution in [0.2, 0.25) is 0 Å². The largest absolute Gasteiger partial charge is 0.486 e. The molecule has 2 aromatic rings. The number of hydrogen-bond acceptors (Lipinski definition) is 6. The second-order valence-corrected chi connectivity index (χ2v) is 7.59. The molecule has 8 heteroatoms. The van der Waals surface area contributed by atoms with Gasteiger partial charge < -0.3 is 19.3 Å². The number of carbonyl (C=O) groups is 1. The molecule has 1 aliphatic carbocycles. The van der Waals surface area contributed by atoms with Crippen LogP contribution in [0.4, 0.5) is 0 Å². The first-order valence-corrected chi connectivity index (χ1v) is 9.55. The van der Waals surface area contributed by atoms with Crippen LogP contribution in [-0.2, 0) is 16.8 Å². The first-order valence-electron chi connectivity index (χ1n) is 8.76. The van der Waals surface area contributed by atoms with Crippen molar-refractivity contribution in [2.45, 2.75) is 44.6 Å². The van der Waals surface area contributed by atoms with Crippen LogP contribution in [0.1, 0.15) is 43.0 Å². The van der Waals surface area contributed by atoms with Gasteiger partial charge in [-0.2, -0.15) is 4.98 Å². The number of ether oxygens (including phenoxy) is 2. The van der Waals surface area contributed by atoms with Crippen molar-refractivity contribution in [1.82, 2.24) is 15.5 Å². The average Bonchev–Trinajstić information content (AvgIpc) is 3.25. The Morgan fingerprint density at radius 1 is 1.23 bits per heavy atom. The molecule has 2 aliphatic rings. The number of benzene rings is 1.